The van der Waals surface area contributed by atoms with Crippen molar-refractivity contribution in [2.24, 2.45) is 35.1 Å². The Kier molecular flexibility index (Phi) is 8.12. The van der Waals surface area contributed by atoms with Gasteiger partial charge in [0.2, 0.25) is 0 Å². The third-order valence-electron chi connectivity index (χ3n) is 10.3. The van der Waals surface area contributed by atoms with Gasteiger partial charge >= 0.3 is 0 Å². The Hall–Kier alpha value is -3.04. The number of hydrogen-bond donors (Lipinski definition) is 4. The molecule has 4 bridgehead atoms. The lowest BCUT2D eigenvalue weighted by Gasteiger charge is -2.34. The Morgan fingerprint density at radius 3 is 1.34 bits per heavy atom. The van der Waals surface area contributed by atoms with E-state index in [0.717, 1.165) is 36.5 Å². The maximum absolute atomic E-state index is 11.8. The van der Waals surface area contributed by atoms with Crippen LogP contribution < -0.4 is 32.1 Å². The molecule has 232 valence electrons. The van der Waals surface area contributed by atoms with E-state index in [0.29, 0.717) is 68.1 Å². The summed E-state index contributed by atoms with van der Waals surface area (Å²) in [6.45, 7) is 0. The van der Waals surface area contributed by atoms with E-state index in [-0.39, 0.29) is 23.3 Å². The Labute approximate surface area is 265 Å². The van der Waals surface area contributed by atoms with Gasteiger partial charge in [-0.1, -0.05) is 23.2 Å². The highest BCUT2D eigenvalue weighted by atomic mass is 35.5. The van der Waals surface area contributed by atoms with Crippen LogP contribution in [0.4, 0.5) is 0 Å². The maximum Gasteiger partial charge on any atom is 0.255 e. The maximum atomic E-state index is 11.8. The van der Waals surface area contributed by atoms with Crippen molar-refractivity contribution in [3.63, 3.8) is 0 Å². The predicted octanol–water partition coefficient (Wildman–Crippen LogP) is 6.15. The number of nitrogens with two attached hydrogens (primary N) is 2. The first kappa shape index (κ1) is 29.7. The van der Waals surface area contributed by atoms with Crippen LogP contribution in [0.1, 0.15) is 51.4 Å². The Morgan fingerprint density at radius 2 is 0.977 bits per heavy atom. The summed E-state index contributed by atoms with van der Waals surface area (Å²) in [4.78, 5) is 29.0. The zero-order valence-electron chi connectivity index (χ0n) is 24.4. The molecule has 4 aliphatic carbocycles. The topological polar surface area (TPSA) is 136 Å². The lowest BCUT2D eigenvalue weighted by molar-refractivity contribution is 0.0756. The monoisotopic (exact) mass is 636 g/mol. The minimum atomic E-state index is -0.130. The number of aromatic amines is 2. The first-order chi connectivity index (χ1) is 21.2. The molecular formula is C34H38Cl2N4O4. The highest BCUT2D eigenvalue weighted by Crippen LogP contribution is 2.46. The number of fused-ring (bicyclic) bond motifs is 6. The van der Waals surface area contributed by atoms with Crippen LogP contribution in [-0.2, 0) is 0 Å². The molecular weight excluding hydrogens is 599 g/mol. The van der Waals surface area contributed by atoms with E-state index in [1.165, 1.54) is 25.7 Å². The van der Waals surface area contributed by atoms with E-state index in [9.17, 15) is 9.59 Å². The average molecular weight is 638 g/mol. The summed E-state index contributed by atoms with van der Waals surface area (Å²) in [5.74, 6) is 3.47. The Balaban J connectivity index is 0.000000142. The van der Waals surface area contributed by atoms with Gasteiger partial charge in [-0.25, -0.2) is 0 Å². The van der Waals surface area contributed by atoms with Crippen molar-refractivity contribution in [3.8, 4) is 11.5 Å². The van der Waals surface area contributed by atoms with Gasteiger partial charge in [-0.05, 0) is 122 Å². The smallest absolute Gasteiger partial charge is 0.255 e. The van der Waals surface area contributed by atoms with Crippen molar-refractivity contribution in [1.29, 1.82) is 0 Å². The fraction of sp³-hybridized carbons (Fsp3) is 0.471. The predicted molar refractivity (Wildman–Crippen MR) is 175 cm³/mol. The van der Waals surface area contributed by atoms with Gasteiger partial charge in [-0.15, -0.1) is 0 Å². The van der Waals surface area contributed by atoms with Crippen molar-refractivity contribution in [2.75, 3.05) is 0 Å². The average Bonchev–Trinajstić information content (AvgIpc) is 3.36. The zero-order chi connectivity index (χ0) is 30.5. The molecule has 8 nitrogen and oxygen atoms in total. The normalized spacial score (nSPS) is 30.6. The molecule has 44 heavy (non-hydrogen) atoms. The number of H-pyrrole nitrogens is 2. The van der Waals surface area contributed by atoms with Crippen molar-refractivity contribution in [1.82, 2.24) is 9.97 Å². The number of pyridine rings is 2. The number of benzene rings is 2. The number of hydrogen-bond acceptors (Lipinski definition) is 6. The van der Waals surface area contributed by atoms with Gasteiger partial charge in [0.05, 0.1) is 10.0 Å². The molecule has 6 N–H and O–H groups in total. The SMILES string of the molecule is NC1C[C@H]2CC[C@@H](C1)C2Oc1cc2cc[nH]c(=O)c2cc1Cl.NC1C[C@H]2CC[C@@H](C1)C2Oc1cc2cc[nH]c(=O)c2cc1Cl. The van der Waals surface area contributed by atoms with Crippen LogP contribution in [0.15, 0.2) is 58.4 Å². The third kappa shape index (κ3) is 5.73. The molecule has 2 aromatic heterocycles. The van der Waals surface area contributed by atoms with Crippen LogP contribution >= 0.6 is 23.2 Å². The molecule has 2 aromatic carbocycles. The molecule has 0 spiro atoms. The summed E-state index contributed by atoms with van der Waals surface area (Å²) in [6, 6.07) is 11.5. The lowest BCUT2D eigenvalue weighted by Crippen LogP contribution is -2.40. The molecule has 4 aromatic rings. The van der Waals surface area contributed by atoms with Crippen LogP contribution in [0.3, 0.4) is 0 Å². The highest BCUT2D eigenvalue weighted by molar-refractivity contribution is 6.33. The van der Waals surface area contributed by atoms with Crippen LogP contribution in [-0.4, -0.2) is 34.3 Å². The summed E-state index contributed by atoms with van der Waals surface area (Å²) >= 11 is 12.7. The van der Waals surface area contributed by atoms with Crippen LogP contribution in [0.25, 0.3) is 21.5 Å². The fourth-order valence-corrected chi connectivity index (χ4v) is 8.69. The minimum Gasteiger partial charge on any atom is -0.488 e. The van der Waals surface area contributed by atoms with Crippen molar-refractivity contribution in [3.05, 3.63) is 79.5 Å². The van der Waals surface area contributed by atoms with Gasteiger partial charge in [0, 0.05) is 35.2 Å². The Bertz CT molecular complexity index is 1650. The number of rotatable bonds is 4. The van der Waals surface area contributed by atoms with Gasteiger partial charge < -0.3 is 30.9 Å². The zero-order valence-corrected chi connectivity index (χ0v) is 25.9. The van der Waals surface area contributed by atoms with Crippen molar-refractivity contribution >= 4 is 44.7 Å². The van der Waals surface area contributed by atoms with Crippen LogP contribution in [0.2, 0.25) is 10.0 Å². The molecule has 4 fully saturated rings. The molecule has 0 radical (unpaired) electrons. The lowest BCUT2D eigenvalue weighted by atomic mass is 9.83. The molecule has 0 amide bonds. The van der Waals surface area contributed by atoms with Gasteiger partial charge in [-0.3, -0.25) is 9.59 Å². The van der Waals surface area contributed by atoms with E-state index in [4.69, 9.17) is 44.1 Å². The second-order valence-corrected chi connectivity index (χ2v) is 14.0. The molecule has 2 heterocycles. The summed E-state index contributed by atoms with van der Waals surface area (Å²) in [5.41, 5.74) is 12.0. The summed E-state index contributed by atoms with van der Waals surface area (Å²) in [7, 11) is 0. The standard InChI is InChI=1S/2C17H19ClN2O2/c2*18-14-8-13-9(3-4-20-17(13)21)7-15(14)22-16-10-1-2-11(16)6-12(19)5-10/h2*3-4,7-8,10-12,16H,1-2,5-6,19H2,(H,20,21)/t2*10-,11+,12?,16?. The van der Waals surface area contributed by atoms with Crippen molar-refractivity contribution in [2.45, 2.75) is 75.7 Å². The first-order valence-electron chi connectivity index (χ1n) is 15.7. The minimum absolute atomic E-state index is 0.130. The van der Waals surface area contributed by atoms with Gasteiger partial charge in [0.1, 0.15) is 23.7 Å². The second kappa shape index (κ2) is 12.0. The summed E-state index contributed by atoms with van der Waals surface area (Å²) in [5, 5.41) is 3.88. The largest absolute Gasteiger partial charge is 0.488 e. The highest BCUT2D eigenvalue weighted by Gasteiger charge is 2.44. The quantitative estimate of drug-likeness (QED) is 0.212. The first-order valence-corrected chi connectivity index (χ1v) is 16.5. The Morgan fingerprint density at radius 1 is 0.614 bits per heavy atom. The molecule has 4 saturated carbocycles. The van der Waals surface area contributed by atoms with Gasteiger partial charge in [0.25, 0.3) is 11.1 Å². The van der Waals surface area contributed by atoms with E-state index >= 15 is 0 Å². The molecule has 8 rings (SSSR count). The number of ether oxygens (including phenoxy) is 2. The van der Waals surface area contributed by atoms with Crippen LogP contribution in [0.5, 0.6) is 11.5 Å². The van der Waals surface area contributed by atoms with E-state index in [2.05, 4.69) is 9.97 Å². The summed E-state index contributed by atoms with van der Waals surface area (Å²) < 4.78 is 12.5. The van der Waals surface area contributed by atoms with Crippen LogP contribution in [0, 0.1) is 23.7 Å². The third-order valence-corrected chi connectivity index (χ3v) is 10.9. The molecule has 0 saturated heterocycles. The molecule has 0 aliphatic heterocycles. The molecule has 4 aliphatic rings. The van der Waals surface area contributed by atoms with Gasteiger partial charge in [-0.2, -0.15) is 0 Å². The van der Waals surface area contributed by atoms with Crippen molar-refractivity contribution < 1.29 is 9.47 Å². The van der Waals surface area contributed by atoms with E-state index < -0.39 is 0 Å². The van der Waals surface area contributed by atoms with E-state index in [1.54, 1.807) is 24.5 Å². The number of halogens is 2. The second-order valence-electron chi connectivity index (χ2n) is 13.2. The number of aromatic nitrogens is 2. The van der Waals surface area contributed by atoms with Gasteiger partial charge in [0.15, 0.2) is 0 Å². The number of nitrogens with one attached hydrogen (secondary N) is 2. The fourth-order valence-electron chi connectivity index (χ4n) is 8.27. The summed E-state index contributed by atoms with van der Waals surface area (Å²) in [6.07, 6.45) is 12.6. The molecule has 8 atom stereocenters. The van der Waals surface area contributed by atoms with E-state index in [1.807, 2.05) is 24.3 Å². The molecule has 10 heteroatoms. The molecule has 4 unspecified atom stereocenters.